The van der Waals surface area contributed by atoms with Crippen molar-refractivity contribution in [2.24, 2.45) is 0 Å². The minimum absolute atomic E-state index is 0.0408. The van der Waals surface area contributed by atoms with Crippen molar-refractivity contribution in [1.29, 1.82) is 0 Å². The van der Waals surface area contributed by atoms with E-state index in [0.717, 1.165) is 30.7 Å². The highest BCUT2D eigenvalue weighted by atomic mass is 35.5. The summed E-state index contributed by atoms with van der Waals surface area (Å²) in [4.78, 5) is 32.1. The number of hydrogen-bond donors (Lipinski definition) is 1. The van der Waals surface area contributed by atoms with Crippen LogP contribution in [0.1, 0.15) is 71.1 Å². The zero-order valence-electron chi connectivity index (χ0n) is 17.2. The van der Waals surface area contributed by atoms with Gasteiger partial charge in [0.2, 0.25) is 0 Å². The smallest absolute Gasteiger partial charge is 0.255 e. The van der Waals surface area contributed by atoms with E-state index in [1.807, 2.05) is 49.9 Å². The summed E-state index contributed by atoms with van der Waals surface area (Å²) in [6.45, 7) is 7.23. The molecule has 1 aromatic carbocycles. The Labute approximate surface area is 177 Å². The summed E-state index contributed by atoms with van der Waals surface area (Å²) < 4.78 is 0. The molecule has 29 heavy (non-hydrogen) atoms. The van der Waals surface area contributed by atoms with Gasteiger partial charge in [0.25, 0.3) is 11.8 Å². The van der Waals surface area contributed by atoms with Gasteiger partial charge in [-0.2, -0.15) is 0 Å². The van der Waals surface area contributed by atoms with Crippen molar-refractivity contribution in [3.05, 3.63) is 63.9 Å². The number of nitrogens with zero attached hydrogens (tertiary/aromatic N) is 2. The van der Waals surface area contributed by atoms with Crippen molar-refractivity contribution in [3.8, 4) is 0 Å². The molecule has 0 aliphatic carbocycles. The number of aromatic nitrogens is 1. The molecule has 0 saturated carbocycles. The number of carbonyl (C=O) groups excluding carboxylic acids is 2. The van der Waals surface area contributed by atoms with E-state index in [1.54, 1.807) is 12.1 Å². The Kier molecular flexibility index (Phi) is 6.91. The molecule has 3 rings (SSSR count). The number of likely N-dealkylation sites (tertiary alicyclic amines) is 1. The lowest BCUT2D eigenvalue weighted by atomic mass is 9.89. The zero-order valence-corrected chi connectivity index (χ0v) is 18.0. The Bertz CT molecular complexity index is 891. The van der Waals surface area contributed by atoms with Crippen molar-refractivity contribution < 1.29 is 9.59 Å². The van der Waals surface area contributed by atoms with E-state index in [-0.39, 0.29) is 23.8 Å². The number of carbonyl (C=O) groups is 2. The molecule has 1 aliphatic heterocycles. The van der Waals surface area contributed by atoms with Gasteiger partial charge in [-0.05, 0) is 57.4 Å². The van der Waals surface area contributed by atoms with Gasteiger partial charge in [0.05, 0.1) is 21.8 Å². The lowest BCUT2D eigenvalue weighted by Crippen LogP contribution is -2.39. The Morgan fingerprint density at radius 3 is 2.52 bits per heavy atom. The molecule has 154 valence electrons. The predicted octanol–water partition coefficient (Wildman–Crippen LogP) is 4.59. The highest BCUT2D eigenvalue weighted by Gasteiger charge is 2.29. The Morgan fingerprint density at radius 1 is 1.17 bits per heavy atom. The van der Waals surface area contributed by atoms with Gasteiger partial charge in [0, 0.05) is 30.7 Å². The second-order valence-corrected chi connectivity index (χ2v) is 8.12. The number of amides is 2. The SMILES string of the molecule is CC[C@H](C)NC(=O)c1ccc(C)nc1C1CCN(C(=O)c2ccccc2Cl)CC1. The van der Waals surface area contributed by atoms with E-state index in [4.69, 9.17) is 16.6 Å². The fourth-order valence-corrected chi connectivity index (χ4v) is 3.86. The highest BCUT2D eigenvalue weighted by molar-refractivity contribution is 6.33. The molecule has 1 saturated heterocycles. The molecule has 1 aliphatic rings. The molecule has 2 amide bonds. The summed E-state index contributed by atoms with van der Waals surface area (Å²) in [6.07, 6.45) is 2.43. The molecule has 0 spiro atoms. The normalized spacial score (nSPS) is 15.8. The molecule has 0 unspecified atom stereocenters. The first-order valence-corrected chi connectivity index (χ1v) is 10.6. The predicted molar refractivity (Wildman–Crippen MR) is 116 cm³/mol. The summed E-state index contributed by atoms with van der Waals surface area (Å²) >= 11 is 6.19. The van der Waals surface area contributed by atoms with Gasteiger partial charge in [0.15, 0.2) is 0 Å². The molecule has 2 aromatic rings. The standard InChI is InChI=1S/C23H28ClN3O2/c1-4-15(2)26-22(28)19-10-9-16(3)25-21(19)17-11-13-27(14-12-17)23(29)18-7-5-6-8-20(18)24/h5-10,15,17H,4,11-14H2,1-3H3,(H,26,28)/t15-/m0/s1. The monoisotopic (exact) mass is 413 g/mol. The van der Waals surface area contributed by atoms with Gasteiger partial charge < -0.3 is 10.2 Å². The summed E-state index contributed by atoms with van der Waals surface area (Å²) in [7, 11) is 0. The van der Waals surface area contributed by atoms with Crippen LogP contribution in [0, 0.1) is 6.92 Å². The van der Waals surface area contributed by atoms with Crippen molar-refractivity contribution in [1.82, 2.24) is 15.2 Å². The molecular weight excluding hydrogens is 386 g/mol. The Morgan fingerprint density at radius 2 is 1.86 bits per heavy atom. The third-order valence-electron chi connectivity index (χ3n) is 5.57. The number of nitrogens with one attached hydrogen (secondary N) is 1. The molecule has 1 N–H and O–H groups in total. The van der Waals surface area contributed by atoms with E-state index in [0.29, 0.717) is 29.2 Å². The lowest BCUT2D eigenvalue weighted by Gasteiger charge is -2.32. The topological polar surface area (TPSA) is 62.3 Å². The molecule has 6 heteroatoms. The summed E-state index contributed by atoms with van der Waals surface area (Å²) in [6, 6.07) is 11.0. The van der Waals surface area contributed by atoms with Crippen LogP contribution in [0.2, 0.25) is 5.02 Å². The lowest BCUT2D eigenvalue weighted by molar-refractivity contribution is 0.0710. The van der Waals surface area contributed by atoms with Crippen molar-refractivity contribution in [2.75, 3.05) is 13.1 Å². The van der Waals surface area contributed by atoms with Crippen molar-refractivity contribution in [2.45, 2.75) is 52.0 Å². The second kappa shape index (κ2) is 9.40. The molecule has 0 bridgehead atoms. The van der Waals surface area contributed by atoms with Gasteiger partial charge in [0.1, 0.15) is 0 Å². The van der Waals surface area contributed by atoms with Gasteiger partial charge in [-0.25, -0.2) is 0 Å². The number of pyridine rings is 1. The van der Waals surface area contributed by atoms with Crippen LogP contribution in [0.3, 0.4) is 0 Å². The molecule has 0 radical (unpaired) electrons. The van der Waals surface area contributed by atoms with Crippen LogP contribution in [0.15, 0.2) is 36.4 Å². The highest BCUT2D eigenvalue weighted by Crippen LogP contribution is 2.30. The maximum absolute atomic E-state index is 12.8. The van der Waals surface area contributed by atoms with Crippen LogP contribution in [-0.4, -0.2) is 40.8 Å². The second-order valence-electron chi connectivity index (χ2n) is 7.71. The van der Waals surface area contributed by atoms with Crippen LogP contribution in [-0.2, 0) is 0 Å². The Hall–Kier alpha value is -2.40. The minimum Gasteiger partial charge on any atom is -0.350 e. The molecule has 1 fully saturated rings. The van der Waals surface area contributed by atoms with Gasteiger partial charge in [-0.1, -0.05) is 30.7 Å². The van der Waals surface area contributed by atoms with Crippen LogP contribution >= 0.6 is 11.6 Å². The van der Waals surface area contributed by atoms with Gasteiger partial charge in [-0.15, -0.1) is 0 Å². The molecule has 1 atom stereocenters. The molecule has 5 nitrogen and oxygen atoms in total. The van der Waals surface area contributed by atoms with Gasteiger partial charge >= 0.3 is 0 Å². The Balaban J connectivity index is 1.74. The molecule has 1 aromatic heterocycles. The first-order chi connectivity index (χ1) is 13.9. The van der Waals surface area contributed by atoms with E-state index in [1.165, 1.54) is 0 Å². The average Bonchev–Trinajstić information content (AvgIpc) is 2.73. The number of rotatable bonds is 5. The number of aryl methyl sites for hydroxylation is 1. The van der Waals surface area contributed by atoms with Crippen LogP contribution in [0.5, 0.6) is 0 Å². The zero-order chi connectivity index (χ0) is 21.0. The van der Waals surface area contributed by atoms with E-state index >= 15 is 0 Å². The van der Waals surface area contributed by atoms with E-state index in [9.17, 15) is 9.59 Å². The summed E-state index contributed by atoms with van der Waals surface area (Å²) in [5, 5.41) is 3.52. The maximum Gasteiger partial charge on any atom is 0.255 e. The summed E-state index contributed by atoms with van der Waals surface area (Å²) in [5.74, 6) is 0.0419. The number of piperidine rings is 1. The largest absolute Gasteiger partial charge is 0.350 e. The third kappa shape index (κ3) is 4.96. The van der Waals surface area contributed by atoms with Crippen molar-refractivity contribution in [3.63, 3.8) is 0 Å². The molecule has 2 heterocycles. The van der Waals surface area contributed by atoms with E-state index in [2.05, 4.69) is 5.32 Å². The fraction of sp³-hybridized carbons (Fsp3) is 0.435. The number of hydrogen-bond acceptors (Lipinski definition) is 3. The first-order valence-electron chi connectivity index (χ1n) is 10.2. The van der Waals surface area contributed by atoms with Crippen molar-refractivity contribution >= 4 is 23.4 Å². The summed E-state index contributed by atoms with van der Waals surface area (Å²) in [5.41, 5.74) is 2.92. The third-order valence-corrected chi connectivity index (χ3v) is 5.90. The minimum atomic E-state index is -0.0728. The van der Waals surface area contributed by atoms with Crippen LogP contribution in [0.25, 0.3) is 0 Å². The van der Waals surface area contributed by atoms with E-state index < -0.39 is 0 Å². The van der Waals surface area contributed by atoms with Crippen LogP contribution in [0.4, 0.5) is 0 Å². The first kappa shape index (κ1) is 21.3. The van der Waals surface area contributed by atoms with Crippen LogP contribution < -0.4 is 5.32 Å². The quantitative estimate of drug-likeness (QED) is 0.779. The molecular formula is C23H28ClN3O2. The number of benzene rings is 1. The fourth-order valence-electron chi connectivity index (χ4n) is 3.64. The number of halogens is 1. The average molecular weight is 414 g/mol. The van der Waals surface area contributed by atoms with Gasteiger partial charge in [-0.3, -0.25) is 14.6 Å². The maximum atomic E-state index is 12.8.